The third-order valence-electron chi connectivity index (χ3n) is 4.51. The van der Waals surface area contributed by atoms with E-state index >= 15 is 0 Å². The van der Waals surface area contributed by atoms with E-state index in [0.29, 0.717) is 12.5 Å². The Bertz CT molecular complexity index is 513. The van der Waals surface area contributed by atoms with E-state index in [1.54, 1.807) is 0 Å². The highest BCUT2D eigenvalue weighted by Crippen LogP contribution is 2.43. The Morgan fingerprint density at radius 3 is 2.05 bits per heavy atom. The van der Waals surface area contributed by atoms with Gasteiger partial charge in [-0.2, -0.15) is 0 Å². The minimum Gasteiger partial charge on any atom is -0.392 e. The number of hydrogen-bond acceptors (Lipinski definition) is 3. The molecule has 0 aromatic heterocycles. The van der Waals surface area contributed by atoms with E-state index in [0.717, 1.165) is 24.0 Å². The maximum absolute atomic E-state index is 12.3. The molecule has 1 aromatic carbocycles. The van der Waals surface area contributed by atoms with E-state index in [2.05, 4.69) is 6.92 Å². The van der Waals surface area contributed by atoms with Crippen LogP contribution >= 0.6 is 0 Å². The minimum atomic E-state index is -0.0887. The van der Waals surface area contributed by atoms with Gasteiger partial charge in [0.05, 0.1) is 25.0 Å². The number of benzene rings is 1. The summed E-state index contributed by atoms with van der Waals surface area (Å²) < 4.78 is 0. The minimum absolute atomic E-state index is 0.00386. The standard InChI is InChI=1S/C16H19NO3/c1-10-6-13-14(7-10)16(20)17(15(13)19)8-11-2-4-12(9-18)5-3-11/h2-5,10,13-14,18H,6-9H2,1H3. The van der Waals surface area contributed by atoms with Crippen LogP contribution in [0.15, 0.2) is 24.3 Å². The molecule has 1 aliphatic carbocycles. The molecule has 2 fully saturated rings. The van der Waals surface area contributed by atoms with Crippen molar-refractivity contribution in [3.63, 3.8) is 0 Å². The van der Waals surface area contributed by atoms with Gasteiger partial charge in [0, 0.05) is 0 Å². The second-order valence-corrected chi connectivity index (χ2v) is 6.03. The van der Waals surface area contributed by atoms with Crippen LogP contribution in [0.5, 0.6) is 0 Å². The molecule has 1 heterocycles. The summed E-state index contributed by atoms with van der Waals surface area (Å²) >= 11 is 0. The number of hydrogen-bond donors (Lipinski definition) is 1. The van der Waals surface area contributed by atoms with Gasteiger partial charge in [-0.05, 0) is 29.9 Å². The first-order valence-corrected chi connectivity index (χ1v) is 7.14. The number of fused-ring (bicyclic) bond motifs is 1. The van der Waals surface area contributed by atoms with Gasteiger partial charge >= 0.3 is 0 Å². The number of amides is 2. The Balaban J connectivity index is 1.75. The second kappa shape index (κ2) is 5.02. The highest BCUT2D eigenvalue weighted by atomic mass is 16.3. The third kappa shape index (κ3) is 2.14. The molecule has 4 nitrogen and oxygen atoms in total. The molecule has 2 amide bonds. The van der Waals surface area contributed by atoms with Crippen molar-refractivity contribution in [1.82, 2.24) is 4.90 Å². The molecule has 20 heavy (non-hydrogen) atoms. The summed E-state index contributed by atoms with van der Waals surface area (Å²) in [5.41, 5.74) is 1.76. The molecular weight excluding hydrogens is 254 g/mol. The number of nitrogens with zero attached hydrogens (tertiary/aromatic N) is 1. The Labute approximate surface area is 118 Å². The molecule has 1 aromatic rings. The van der Waals surface area contributed by atoms with Crippen molar-refractivity contribution in [1.29, 1.82) is 0 Å². The average Bonchev–Trinajstić information content (AvgIpc) is 2.93. The fraction of sp³-hybridized carbons (Fsp3) is 0.500. The van der Waals surface area contributed by atoms with E-state index < -0.39 is 0 Å². The van der Waals surface area contributed by atoms with Crippen LogP contribution in [-0.4, -0.2) is 21.8 Å². The van der Waals surface area contributed by atoms with Crippen LogP contribution < -0.4 is 0 Å². The molecule has 2 aliphatic rings. The zero-order chi connectivity index (χ0) is 14.3. The fourth-order valence-corrected chi connectivity index (χ4v) is 3.44. The van der Waals surface area contributed by atoms with Gasteiger partial charge in [0.15, 0.2) is 0 Å². The molecule has 1 saturated heterocycles. The van der Waals surface area contributed by atoms with Gasteiger partial charge in [-0.1, -0.05) is 31.2 Å². The Morgan fingerprint density at radius 2 is 1.55 bits per heavy atom. The van der Waals surface area contributed by atoms with Crippen molar-refractivity contribution in [3.8, 4) is 0 Å². The van der Waals surface area contributed by atoms with E-state index in [-0.39, 0.29) is 30.3 Å². The summed E-state index contributed by atoms with van der Waals surface area (Å²) in [4.78, 5) is 26.1. The van der Waals surface area contributed by atoms with Crippen LogP contribution in [-0.2, 0) is 22.7 Å². The smallest absolute Gasteiger partial charge is 0.233 e. The largest absolute Gasteiger partial charge is 0.392 e. The lowest BCUT2D eigenvalue weighted by molar-refractivity contribution is -0.141. The number of carbonyl (C=O) groups excluding carboxylic acids is 2. The Morgan fingerprint density at radius 1 is 1.05 bits per heavy atom. The van der Waals surface area contributed by atoms with Crippen LogP contribution in [0.1, 0.15) is 30.9 Å². The van der Waals surface area contributed by atoms with Gasteiger partial charge in [-0.25, -0.2) is 0 Å². The molecule has 2 atom stereocenters. The topological polar surface area (TPSA) is 57.6 Å². The van der Waals surface area contributed by atoms with Crippen LogP contribution in [0, 0.1) is 17.8 Å². The summed E-state index contributed by atoms with van der Waals surface area (Å²) in [6.45, 7) is 2.46. The van der Waals surface area contributed by atoms with Gasteiger partial charge in [-0.15, -0.1) is 0 Å². The van der Waals surface area contributed by atoms with Crippen molar-refractivity contribution in [3.05, 3.63) is 35.4 Å². The van der Waals surface area contributed by atoms with Crippen LogP contribution in [0.3, 0.4) is 0 Å². The number of likely N-dealkylation sites (tertiary alicyclic amines) is 1. The van der Waals surface area contributed by atoms with Crippen molar-refractivity contribution in [2.45, 2.75) is 32.9 Å². The predicted molar refractivity (Wildman–Crippen MR) is 73.3 cm³/mol. The van der Waals surface area contributed by atoms with Crippen LogP contribution in [0.25, 0.3) is 0 Å². The molecule has 0 radical (unpaired) electrons. The van der Waals surface area contributed by atoms with Gasteiger partial charge in [0.1, 0.15) is 0 Å². The summed E-state index contributed by atoms with van der Waals surface area (Å²) in [6, 6.07) is 7.37. The lowest BCUT2D eigenvalue weighted by Crippen LogP contribution is -2.31. The van der Waals surface area contributed by atoms with Crippen molar-refractivity contribution in [2.24, 2.45) is 17.8 Å². The molecular formula is C16H19NO3. The predicted octanol–water partition coefficient (Wildman–Crippen LogP) is 1.71. The lowest BCUT2D eigenvalue weighted by atomic mass is 10.00. The molecule has 2 unspecified atom stereocenters. The summed E-state index contributed by atoms with van der Waals surface area (Å²) in [5, 5.41) is 9.01. The molecule has 1 saturated carbocycles. The average molecular weight is 273 g/mol. The number of aliphatic hydroxyl groups excluding tert-OH is 1. The number of rotatable bonds is 3. The SMILES string of the molecule is CC1CC2C(=O)N(Cc3ccc(CO)cc3)C(=O)C2C1. The van der Waals surface area contributed by atoms with Gasteiger partial charge in [0.2, 0.25) is 11.8 Å². The summed E-state index contributed by atoms with van der Waals surface area (Å²) in [7, 11) is 0. The first-order chi connectivity index (χ1) is 9.60. The molecule has 4 heteroatoms. The van der Waals surface area contributed by atoms with E-state index in [4.69, 9.17) is 5.11 Å². The quantitative estimate of drug-likeness (QED) is 0.853. The lowest BCUT2D eigenvalue weighted by Gasteiger charge is -2.17. The summed E-state index contributed by atoms with van der Waals surface area (Å²) in [5.74, 6) is 0.290. The van der Waals surface area contributed by atoms with Gasteiger partial charge < -0.3 is 5.11 Å². The number of aliphatic hydroxyl groups is 1. The first kappa shape index (κ1) is 13.3. The highest BCUT2D eigenvalue weighted by molar-refractivity contribution is 6.05. The number of imide groups is 1. The molecule has 0 bridgehead atoms. The molecule has 1 aliphatic heterocycles. The third-order valence-corrected chi connectivity index (χ3v) is 4.51. The molecule has 106 valence electrons. The second-order valence-electron chi connectivity index (χ2n) is 6.03. The zero-order valence-corrected chi connectivity index (χ0v) is 11.6. The maximum Gasteiger partial charge on any atom is 0.233 e. The monoisotopic (exact) mass is 273 g/mol. The summed E-state index contributed by atoms with van der Waals surface area (Å²) in [6.07, 6.45) is 1.68. The highest BCUT2D eigenvalue weighted by Gasteiger charge is 2.51. The number of carbonyl (C=O) groups is 2. The van der Waals surface area contributed by atoms with Crippen LogP contribution in [0.2, 0.25) is 0 Å². The zero-order valence-electron chi connectivity index (χ0n) is 11.6. The Kier molecular flexibility index (Phi) is 3.34. The molecule has 1 N–H and O–H groups in total. The van der Waals surface area contributed by atoms with Crippen molar-refractivity contribution < 1.29 is 14.7 Å². The fourth-order valence-electron chi connectivity index (χ4n) is 3.44. The van der Waals surface area contributed by atoms with Crippen molar-refractivity contribution >= 4 is 11.8 Å². The van der Waals surface area contributed by atoms with E-state index in [1.807, 2.05) is 24.3 Å². The maximum atomic E-state index is 12.3. The van der Waals surface area contributed by atoms with E-state index in [9.17, 15) is 9.59 Å². The van der Waals surface area contributed by atoms with Crippen molar-refractivity contribution in [2.75, 3.05) is 0 Å². The first-order valence-electron chi connectivity index (χ1n) is 7.14. The van der Waals surface area contributed by atoms with Gasteiger partial charge in [-0.3, -0.25) is 14.5 Å². The molecule has 3 rings (SSSR count). The normalized spacial score (nSPS) is 29.1. The Hall–Kier alpha value is -1.68. The molecule has 0 spiro atoms. The van der Waals surface area contributed by atoms with Crippen LogP contribution in [0.4, 0.5) is 0 Å². The van der Waals surface area contributed by atoms with Gasteiger partial charge in [0.25, 0.3) is 0 Å². The van der Waals surface area contributed by atoms with E-state index in [1.165, 1.54) is 4.90 Å².